The number of nitrogens with one attached hydrogen (secondary N) is 2. The van der Waals surface area contributed by atoms with Crippen molar-refractivity contribution in [1.29, 1.82) is 0 Å². The molecule has 3 amide bonds. The Balaban J connectivity index is 2.08. The molecule has 1 unspecified atom stereocenters. The van der Waals surface area contributed by atoms with Gasteiger partial charge in [0.25, 0.3) is 5.91 Å². The molecule has 2 N–H and O–H groups in total. The number of carbonyl (C=O) groups is 4. The normalized spacial score (nSPS) is 14.1. The summed E-state index contributed by atoms with van der Waals surface area (Å²) >= 11 is 0. The number of benzene rings is 1. The van der Waals surface area contributed by atoms with Crippen LogP contribution in [0.25, 0.3) is 0 Å². The Morgan fingerprint density at radius 2 is 1.88 bits per heavy atom. The van der Waals surface area contributed by atoms with Gasteiger partial charge in [-0.25, -0.2) is 0 Å². The van der Waals surface area contributed by atoms with Crippen LogP contribution in [-0.4, -0.2) is 49.2 Å². The summed E-state index contributed by atoms with van der Waals surface area (Å²) in [6.07, 6.45) is 0.584. The molecule has 0 bridgehead atoms. The number of hydrogen-bond donors (Lipinski definition) is 2. The maximum atomic E-state index is 12.4. The van der Waals surface area contributed by atoms with Crippen LogP contribution in [0.3, 0.4) is 0 Å². The Morgan fingerprint density at radius 1 is 1.19 bits per heavy atom. The summed E-state index contributed by atoms with van der Waals surface area (Å²) in [6, 6.07) is 4.06. The molecule has 1 aromatic carbocycles. The van der Waals surface area contributed by atoms with Crippen LogP contribution in [0.2, 0.25) is 0 Å². The third kappa shape index (κ3) is 4.59. The first-order valence-electron chi connectivity index (χ1n) is 8.43. The van der Waals surface area contributed by atoms with Crippen molar-refractivity contribution >= 4 is 29.2 Å². The predicted molar refractivity (Wildman–Crippen MR) is 95.2 cm³/mol. The monoisotopic (exact) mass is 361 g/mol. The van der Waals surface area contributed by atoms with E-state index in [0.717, 1.165) is 0 Å². The van der Waals surface area contributed by atoms with Gasteiger partial charge in [0.2, 0.25) is 11.8 Å². The van der Waals surface area contributed by atoms with Gasteiger partial charge in [0, 0.05) is 25.6 Å². The van der Waals surface area contributed by atoms with Gasteiger partial charge in [0.1, 0.15) is 11.8 Å². The minimum absolute atomic E-state index is 0.124. The van der Waals surface area contributed by atoms with Crippen LogP contribution in [-0.2, 0) is 14.4 Å². The standard InChI is InChI=1S/C18H23N3O5/c1-11(18(25)20-8-4-7-19-13(3)23)21-15-9-14(12(2)22)5-6-16(15)26-10-17(21)24/h5-6,9,11H,4,7-8,10H2,1-3H3,(H,19,23)(H,20,25). The smallest absolute Gasteiger partial charge is 0.265 e. The maximum Gasteiger partial charge on any atom is 0.265 e. The van der Waals surface area contributed by atoms with E-state index in [-0.39, 0.29) is 30.1 Å². The molecule has 0 radical (unpaired) electrons. The average Bonchev–Trinajstić information content (AvgIpc) is 2.59. The van der Waals surface area contributed by atoms with Crippen LogP contribution in [0, 0.1) is 0 Å². The molecule has 0 aliphatic carbocycles. The van der Waals surface area contributed by atoms with Crippen LogP contribution >= 0.6 is 0 Å². The van der Waals surface area contributed by atoms with E-state index in [0.29, 0.717) is 36.5 Å². The van der Waals surface area contributed by atoms with E-state index in [1.807, 2.05) is 0 Å². The highest BCUT2D eigenvalue weighted by Gasteiger charge is 2.33. The number of rotatable bonds is 7. The van der Waals surface area contributed by atoms with Crippen molar-refractivity contribution < 1.29 is 23.9 Å². The van der Waals surface area contributed by atoms with E-state index in [2.05, 4.69) is 10.6 Å². The molecule has 1 atom stereocenters. The van der Waals surface area contributed by atoms with E-state index >= 15 is 0 Å². The lowest BCUT2D eigenvalue weighted by Crippen LogP contribution is -2.51. The van der Waals surface area contributed by atoms with E-state index in [1.54, 1.807) is 25.1 Å². The Bertz CT molecular complexity index is 732. The number of Topliss-reactive ketones (excluding diaryl/α,β-unsaturated/α-hetero) is 1. The molecule has 2 rings (SSSR count). The molecule has 0 fully saturated rings. The minimum Gasteiger partial charge on any atom is -0.482 e. The first-order chi connectivity index (χ1) is 12.3. The fraction of sp³-hybridized carbons (Fsp3) is 0.444. The number of amides is 3. The number of fused-ring (bicyclic) bond motifs is 1. The number of carbonyl (C=O) groups excluding carboxylic acids is 4. The fourth-order valence-electron chi connectivity index (χ4n) is 2.64. The molecule has 0 spiro atoms. The molecular formula is C18H23N3O5. The van der Waals surface area contributed by atoms with Crippen LogP contribution < -0.4 is 20.3 Å². The highest BCUT2D eigenvalue weighted by Crippen LogP contribution is 2.34. The fourth-order valence-corrected chi connectivity index (χ4v) is 2.64. The molecule has 8 heteroatoms. The second kappa shape index (κ2) is 8.46. The molecule has 8 nitrogen and oxygen atoms in total. The molecule has 1 aromatic rings. The van der Waals surface area contributed by atoms with Gasteiger partial charge in [-0.15, -0.1) is 0 Å². The van der Waals surface area contributed by atoms with Crippen molar-refractivity contribution in [1.82, 2.24) is 10.6 Å². The van der Waals surface area contributed by atoms with Crippen molar-refractivity contribution in [2.75, 3.05) is 24.6 Å². The zero-order valence-corrected chi connectivity index (χ0v) is 15.1. The highest BCUT2D eigenvalue weighted by molar-refractivity contribution is 6.05. The van der Waals surface area contributed by atoms with Crippen molar-refractivity contribution in [2.45, 2.75) is 33.2 Å². The number of nitrogens with zero attached hydrogens (tertiary/aromatic N) is 1. The summed E-state index contributed by atoms with van der Waals surface area (Å²) in [4.78, 5) is 48.5. The Morgan fingerprint density at radius 3 is 2.54 bits per heavy atom. The van der Waals surface area contributed by atoms with Crippen LogP contribution in [0.5, 0.6) is 5.75 Å². The molecule has 1 aliphatic rings. The Kier molecular flexibility index (Phi) is 6.32. The zero-order chi connectivity index (χ0) is 19.3. The van der Waals surface area contributed by atoms with E-state index in [1.165, 1.54) is 18.7 Å². The van der Waals surface area contributed by atoms with Crippen LogP contribution in [0.1, 0.15) is 37.6 Å². The quantitative estimate of drug-likeness (QED) is 0.548. The van der Waals surface area contributed by atoms with Gasteiger partial charge in [-0.05, 0) is 38.5 Å². The topological polar surface area (TPSA) is 105 Å². The van der Waals surface area contributed by atoms with Crippen molar-refractivity contribution in [2.24, 2.45) is 0 Å². The first kappa shape index (κ1) is 19.4. The number of ketones is 1. The number of hydrogen-bond acceptors (Lipinski definition) is 5. The van der Waals surface area contributed by atoms with Crippen molar-refractivity contribution in [3.8, 4) is 5.75 Å². The molecule has 1 aliphatic heterocycles. The second-order valence-corrected chi connectivity index (χ2v) is 6.09. The van der Waals surface area contributed by atoms with E-state index in [4.69, 9.17) is 4.74 Å². The second-order valence-electron chi connectivity index (χ2n) is 6.09. The van der Waals surface area contributed by atoms with Gasteiger partial charge in [0.15, 0.2) is 12.4 Å². The Hall–Kier alpha value is -2.90. The largest absolute Gasteiger partial charge is 0.482 e. The third-order valence-corrected chi connectivity index (χ3v) is 4.04. The average molecular weight is 361 g/mol. The SMILES string of the molecule is CC(=O)NCCCNC(=O)C(C)N1C(=O)COc2ccc(C(C)=O)cc21. The van der Waals surface area contributed by atoms with Crippen molar-refractivity contribution in [3.05, 3.63) is 23.8 Å². The lowest BCUT2D eigenvalue weighted by molar-refractivity contribution is -0.127. The van der Waals surface area contributed by atoms with Gasteiger partial charge in [-0.3, -0.25) is 24.1 Å². The summed E-state index contributed by atoms with van der Waals surface area (Å²) in [5, 5.41) is 5.40. The third-order valence-electron chi connectivity index (χ3n) is 4.04. The first-order valence-corrected chi connectivity index (χ1v) is 8.43. The minimum atomic E-state index is -0.756. The molecule has 26 heavy (non-hydrogen) atoms. The van der Waals surface area contributed by atoms with Gasteiger partial charge >= 0.3 is 0 Å². The highest BCUT2D eigenvalue weighted by atomic mass is 16.5. The molecule has 0 saturated carbocycles. The van der Waals surface area contributed by atoms with Crippen LogP contribution in [0.4, 0.5) is 5.69 Å². The predicted octanol–water partition coefficient (Wildman–Crippen LogP) is 0.646. The summed E-state index contributed by atoms with van der Waals surface area (Å²) < 4.78 is 5.39. The zero-order valence-electron chi connectivity index (χ0n) is 15.1. The summed E-state index contributed by atoms with van der Waals surface area (Å²) in [5.74, 6) is -0.469. The Labute approximate surface area is 151 Å². The van der Waals surface area contributed by atoms with E-state index < -0.39 is 6.04 Å². The lowest BCUT2D eigenvalue weighted by Gasteiger charge is -2.33. The summed E-state index contributed by atoms with van der Waals surface area (Å²) in [7, 11) is 0. The summed E-state index contributed by atoms with van der Waals surface area (Å²) in [5.41, 5.74) is 0.852. The lowest BCUT2D eigenvalue weighted by atomic mass is 10.1. The maximum absolute atomic E-state index is 12.4. The van der Waals surface area contributed by atoms with E-state index in [9.17, 15) is 19.2 Å². The van der Waals surface area contributed by atoms with Crippen LogP contribution in [0.15, 0.2) is 18.2 Å². The molecule has 1 heterocycles. The number of ether oxygens (including phenoxy) is 1. The summed E-state index contributed by atoms with van der Waals surface area (Å²) in [6.45, 7) is 5.16. The van der Waals surface area contributed by atoms with Gasteiger partial charge in [-0.1, -0.05) is 0 Å². The van der Waals surface area contributed by atoms with Gasteiger partial charge < -0.3 is 15.4 Å². The van der Waals surface area contributed by atoms with Gasteiger partial charge in [0.05, 0.1) is 5.69 Å². The van der Waals surface area contributed by atoms with Gasteiger partial charge in [-0.2, -0.15) is 0 Å². The number of anilines is 1. The molecule has 140 valence electrons. The molecule has 0 saturated heterocycles. The molecular weight excluding hydrogens is 338 g/mol. The van der Waals surface area contributed by atoms with Crippen molar-refractivity contribution in [3.63, 3.8) is 0 Å². The molecule has 0 aromatic heterocycles.